The van der Waals surface area contributed by atoms with Gasteiger partial charge in [0, 0.05) is 30.5 Å². The van der Waals surface area contributed by atoms with Gasteiger partial charge in [0.1, 0.15) is 5.69 Å². The van der Waals surface area contributed by atoms with Crippen molar-refractivity contribution in [3.05, 3.63) is 46.5 Å². The molecule has 0 spiro atoms. The molecule has 8 nitrogen and oxygen atoms in total. The molecule has 0 aliphatic carbocycles. The molecular formula is C18H21N5O3S2. The number of carbonyl (C=O) groups excluding carboxylic acids is 1. The Morgan fingerprint density at radius 2 is 2.36 bits per heavy atom. The molecule has 0 bridgehead atoms. The zero-order valence-corrected chi connectivity index (χ0v) is 17.1. The Kier molecular flexibility index (Phi) is 6.63. The molecule has 1 N–H and O–H groups in total. The Balaban J connectivity index is 1.77. The Morgan fingerprint density at radius 1 is 1.54 bits per heavy atom. The van der Waals surface area contributed by atoms with Crippen LogP contribution in [0.3, 0.4) is 0 Å². The van der Waals surface area contributed by atoms with E-state index in [-0.39, 0.29) is 11.3 Å². The normalized spacial score (nSPS) is 16.6. The summed E-state index contributed by atoms with van der Waals surface area (Å²) in [5, 5.41) is 22.5. The summed E-state index contributed by atoms with van der Waals surface area (Å²) < 4.78 is 0.718. The number of benzene rings is 1. The smallest absolute Gasteiger partial charge is 0.293 e. The summed E-state index contributed by atoms with van der Waals surface area (Å²) in [7, 11) is 0. The molecule has 1 amide bonds. The predicted octanol–water partition coefficient (Wildman–Crippen LogP) is 4.21. The van der Waals surface area contributed by atoms with Crippen LogP contribution in [0.5, 0.6) is 0 Å². The van der Waals surface area contributed by atoms with Crippen molar-refractivity contribution in [1.82, 2.24) is 10.2 Å². The largest absolute Gasteiger partial charge is 0.366 e. The van der Waals surface area contributed by atoms with E-state index < -0.39 is 10.8 Å². The number of nitrogens with zero attached hydrogens (tertiary/aromatic N) is 4. The molecule has 0 saturated carbocycles. The molecular weight excluding hydrogens is 398 g/mol. The third kappa shape index (κ3) is 4.87. The molecule has 1 fully saturated rings. The topological polar surface area (TPSA) is 101 Å². The molecule has 1 aliphatic rings. The molecule has 28 heavy (non-hydrogen) atoms. The van der Waals surface area contributed by atoms with Gasteiger partial charge in [0.15, 0.2) is 4.34 Å². The molecule has 10 heteroatoms. The van der Waals surface area contributed by atoms with Gasteiger partial charge in [0.2, 0.25) is 5.13 Å². The van der Waals surface area contributed by atoms with Crippen LogP contribution in [0.25, 0.3) is 0 Å². The van der Waals surface area contributed by atoms with E-state index in [1.165, 1.54) is 29.2 Å². The number of carbonyl (C=O) groups is 1. The quantitative estimate of drug-likeness (QED) is 0.236. The van der Waals surface area contributed by atoms with E-state index in [9.17, 15) is 14.9 Å². The average Bonchev–Trinajstić information content (AvgIpc) is 3.13. The van der Waals surface area contributed by atoms with Gasteiger partial charge < -0.3 is 4.90 Å². The number of aromatic nitrogens is 2. The summed E-state index contributed by atoms with van der Waals surface area (Å²) in [6.07, 6.45) is 3.89. The lowest BCUT2D eigenvalue weighted by Gasteiger charge is -2.32. The zero-order chi connectivity index (χ0) is 20.1. The maximum Gasteiger partial charge on any atom is 0.293 e. The van der Waals surface area contributed by atoms with Gasteiger partial charge >= 0.3 is 0 Å². The van der Waals surface area contributed by atoms with Gasteiger partial charge in [-0.1, -0.05) is 36.1 Å². The number of rotatable bonds is 7. The van der Waals surface area contributed by atoms with Crippen LogP contribution >= 0.6 is 23.1 Å². The van der Waals surface area contributed by atoms with Crippen LogP contribution in [0.1, 0.15) is 30.1 Å². The van der Waals surface area contributed by atoms with Gasteiger partial charge in [-0.3, -0.25) is 20.2 Å². The van der Waals surface area contributed by atoms with Crippen LogP contribution in [0.4, 0.5) is 16.5 Å². The number of hydrogen-bond acceptors (Lipinski definition) is 8. The maximum absolute atomic E-state index is 12.5. The number of nitro benzene ring substituents is 1. The average molecular weight is 420 g/mol. The van der Waals surface area contributed by atoms with Crippen LogP contribution < -0.4 is 10.2 Å². The fourth-order valence-electron chi connectivity index (χ4n) is 3.10. The zero-order valence-electron chi connectivity index (χ0n) is 15.5. The number of piperidine rings is 1. The van der Waals surface area contributed by atoms with Crippen molar-refractivity contribution in [2.45, 2.75) is 24.1 Å². The molecule has 0 unspecified atom stereocenters. The highest BCUT2D eigenvalue weighted by Crippen LogP contribution is 2.33. The van der Waals surface area contributed by atoms with Gasteiger partial charge in [-0.2, -0.15) is 0 Å². The number of hydrogen-bond donors (Lipinski definition) is 1. The van der Waals surface area contributed by atoms with Crippen LogP contribution in [0.2, 0.25) is 0 Å². The molecule has 148 valence electrons. The standard InChI is InChI=1S/C18H21N5O3S2/c1-3-9-27-18-21-20-17(28-18)19-16(24)13-6-7-14(15(10-13)23(25)26)22-8-4-5-12(2)11-22/h3,6-7,10,12H,1,4-5,8-9,11H2,2H3,(H,19,20,24)/t12-/m1/s1. The number of amides is 1. The first-order valence-corrected chi connectivity index (χ1v) is 10.7. The van der Waals surface area contributed by atoms with Crippen LogP contribution in [-0.2, 0) is 0 Å². The SMILES string of the molecule is C=CCSc1nnc(NC(=O)c2ccc(N3CCC[C@@H](C)C3)c([N+](=O)[O-])c2)s1. The van der Waals surface area contributed by atoms with Crippen molar-refractivity contribution in [2.75, 3.05) is 29.1 Å². The van der Waals surface area contributed by atoms with E-state index >= 15 is 0 Å². The summed E-state index contributed by atoms with van der Waals surface area (Å²) in [4.78, 5) is 25.7. The molecule has 2 heterocycles. The van der Waals surface area contributed by atoms with E-state index in [0.29, 0.717) is 22.5 Å². The van der Waals surface area contributed by atoms with E-state index in [1.807, 2.05) is 4.90 Å². The highest BCUT2D eigenvalue weighted by molar-refractivity contribution is 8.01. The molecule has 1 aromatic heterocycles. The maximum atomic E-state index is 12.5. The first-order chi connectivity index (χ1) is 13.5. The minimum absolute atomic E-state index is 0.0544. The number of nitrogens with one attached hydrogen (secondary N) is 1. The lowest BCUT2D eigenvalue weighted by atomic mass is 9.99. The Bertz CT molecular complexity index is 886. The van der Waals surface area contributed by atoms with E-state index in [2.05, 4.69) is 29.0 Å². The minimum Gasteiger partial charge on any atom is -0.366 e. The van der Waals surface area contributed by atoms with Crippen LogP contribution in [0, 0.1) is 16.0 Å². The van der Waals surface area contributed by atoms with Gasteiger partial charge in [0.05, 0.1) is 4.92 Å². The predicted molar refractivity (Wildman–Crippen MR) is 112 cm³/mol. The second-order valence-corrected chi connectivity index (χ2v) is 8.83. The molecule has 0 radical (unpaired) electrons. The van der Waals surface area contributed by atoms with Gasteiger partial charge in [-0.05, 0) is 30.9 Å². The van der Waals surface area contributed by atoms with E-state index in [1.54, 1.807) is 18.2 Å². The Labute approximate surface area is 171 Å². The van der Waals surface area contributed by atoms with Crippen molar-refractivity contribution in [2.24, 2.45) is 5.92 Å². The third-order valence-electron chi connectivity index (χ3n) is 4.38. The summed E-state index contributed by atoms with van der Waals surface area (Å²) in [6.45, 7) is 7.35. The van der Waals surface area contributed by atoms with Crippen molar-refractivity contribution < 1.29 is 9.72 Å². The number of anilines is 2. The van der Waals surface area contributed by atoms with Gasteiger partial charge in [-0.25, -0.2) is 0 Å². The van der Waals surface area contributed by atoms with Crippen molar-refractivity contribution in [3.63, 3.8) is 0 Å². The van der Waals surface area contributed by atoms with Crippen molar-refractivity contribution >= 4 is 45.5 Å². The lowest BCUT2D eigenvalue weighted by Crippen LogP contribution is -2.34. The monoisotopic (exact) mass is 419 g/mol. The molecule has 1 atom stereocenters. The van der Waals surface area contributed by atoms with Gasteiger partial charge in [-0.15, -0.1) is 16.8 Å². The third-order valence-corrected chi connectivity index (χ3v) is 6.35. The minimum atomic E-state index is -0.446. The highest BCUT2D eigenvalue weighted by Gasteiger charge is 2.25. The molecule has 1 aromatic carbocycles. The second kappa shape index (κ2) is 9.16. The van der Waals surface area contributed by atoms with Crippen molar-refractivity contribution in [1.29, 1.82) is 0 Å². The second-order valence-electron chi connectivity index (χ2n) is 6.58. The van der Waals surface area contributed by atoms with E-state index in [4.69, 9.17) is 0 Å². The molecule has 3 rings (SSSR count). The summed E-state index contributed by atoms with van der Waals surface area (Å²) in [6, 6.07) is 4.61. The fourth-order valence-corrected chi connectivity index (χ4v) is 4.61. The van der Waals surface area contributed by atoms with Gasteiger partial charge in [0.25, 0.3) is 11.6 Å². The number of nitro groups is 1. The van der Waals surface area contributed by atoms with E-state index in [0.717, 1.165) is 30.3 Å². The first kappa shape index (κ1) is 20.3. The lowest BCUT2D eigenvalue weighted by molar-refractivity contribution is -0.384. The Hall–Kier alpha value is -2.46. The van der Waals surface area contributed by atoms with Crippen LogP contribution in [-0.4, -0.2) is 39.9 Å². The summed E-state index contributed by atoms with van der Waals surface area (Å²) in [5.74, 6) is 0.741. The molecule has 1 saturated heterocycles. The summed E-state index contributed by atoms with van der Waals surface area (Å²) >= 11 is 2.72. The summed E-state index contributed by atoms with van der Waals surface area (Å²) in [5.41, 5.74) is 0.726. The Morgan fingerprint density at radius 3 is 3.07 bits per heavy atom. The number of thioether (sulfide) groups is 1. The first-order valence-electron chi connectivity index (χ1n) is 8.90. The fraction of sp³-hybridized carbons (Fsp3) is 0.389. The molecule has 1 aliphatic heterocycles. The highest BCUT2D eigenvalue weighted by atomic mass is 32.2. The van der Waals surface area contributed by atoms with Crippen molar-refractivity contribution in [3.8, 4) is 0 Å². The van der Waals surface area contributed by atoms with Crippen LogP contribution in [0.15, 0.2) is 35.2 Å². The molecule has 2 aromatic rings.